The van der Waals surface area contributed by atoms with Crippen LogP contribution in [-0.2, 0) is 13.3 Å². The average Bonchev–Trinajstić information content (AvgIpc) is 2.38. The van der Waals surface area contributed by atoms with Gasteiger partial charge < -0.3 is 23.5 Å². The monoisotopic (exact) mass is 264 g/mol. The minimum atomic E-state index is -2.22. The van der Waals surface area contributed by atoms with Gasteiger partial charge in [-0.25, -0.2) is 0 Å². The molecule has 1 aliphatic heterocycles. The second kappa shape index (κ2) is 9.99. The normalized spacial score (nSPS) is 17.5. The molecule has 0 spiro atoms. The van der Waals surface area contributed by atoms with Gasteiger partial charge in [-0.3, -0.25) is 0 Å². The maximum absolute atomic E-state index is 5.17. The van der Waals surface area contributed by atoms with Crippen molar-refractivity contribution < 1.29 is 13.3 Å². The van der Waals surface area contributed by atoms with Gasteiger partial charge in [0.2, 0.25) is 0 Å². The molecule has 0 aromatic carbocycles. The van der Waals surface area contributed by atoms with Crippen LogP contribution in [0.25, 0.3) is 0 Å². The Hall–Kier alpha value is 0.0169. The molecule has 1 rings (SSSR count). The first-order chi connectivity index (χ1) is 8.14. The fourth-order valence-electron chi connectivity index (χ4n) is 1.64. The van der Waals surface area contributed by atoms with Crippen LogP contribution in [0.1, 0.15) is 13.3 Å². The second-order valence-corrected chi connectivity index (χ2v) is 7.19. The van der Waals surface area contributed by atoms with Crippen molar-refractivity contribution in [3.8, 4) is 0 Å². The molecule has 1 heterocycles. The zero-order valence-electron chi connectivity index (χ0n) is 11.9. The highest BCUT2D eigenvalue weighted by Gasteiger charge is 2.36. The summed E-state index contributed by atoms with van der Waals surface area (Å²) in [6.45, 7) is 6.83. The Morgan fingerprint density at radius 1 is 1.06 bits per heavy atom. The minimum absolute atomic E-state index is 0.885. The van der Waals surface area contributed by atoms with E-state index in [1.54, 1.807) is 21.3 Å². The zero-order valence-corrected chi connectivity index (χ0v) is 12.9. The summed E-state index contributed by atoms with van der Waals surface area (Å²) in [6, 6.07) is 0.885. The van der Waals surface area contributed by atoms with Gasteiger partial charge in [0.05, 0.1) is 0 Å². The smallest absolute Gasteiger partial charge is 0.377 e. The van der Waals surface area contributed by atoms with Crippen molar-refractivity contribution in [2.24, 2.45) is 0 Å². The number of nitrogens with one attached hydrogen (secondary N) is 1. The summed E-state index contributed by atoms with van der Waals surface area (Å²) in [5.74, 6) is 0. The van der Waals surface area contributed by atoms with Crippen LogP contribution in [0.15, 0.2) is 0 Å². The Morgan fingerprint density at radius 2 is 1.53 bits per heavy atom. The molecule has 0 aromatic heterocycles. The van der Waals surface area contributed by atoms with Gasteiger partial charge in [0.15, 0.2) is 0 Å². The number of hydrogen-bond donors (Lipinski definition) is 1. The lowest BCUT2D eigenvalue weighted by molar-refractivity contribution is 0.123. The summed E-state index contributed by atoms with van der Waals surface area (Å²) in [5, 5.41) is 3.27. The van der Waals surface area contributed by atoms with E-state index >= 15 is 0 Å². The van der Waals surface area contributed by atoms with Crippen LogP contribution in [0.5, 0.6) is 0 Å². The molecule has 6 heteroatoms. The molecule has 0 unspecified atom stereocenters. The third kappa shape index (κ3) is 7.12. The molecule has 0 amide bonds. The third-order valence-corrected chi connectivity index (χ3v) is 5.81. The maximum atomic E-state index is 5.17. The summed E-state index contributed by atoms with van der Waals surface area (Å²) >= 11 is 0. The molecule has 0 radical (unpaired) electrons. The van der Waals surface area contributed by atoms with Crippen molar-refractivity contribution in [2.45, 2.75) is 19.4 Å². The molecule has 1 fully saturated rings. The van der Waals surface area contributed by atoms with Crippen LogP contribution >= 0.6 is 0 Å². The topological polar surface area (TPSA) is 43.0 Å². The van der Waals surface area contributed by atoms with E-state index < -0.39 is 8.80 Å². The van der Waals surface area contributed by atoms with Crippen LogP contribution in [0.3, 0.4) is 0 Å². The highest BCUT2D eigenvalue weighted by Crippen LogP contribution is 2.13. The second-order valence-electron chi connectivity index (χ2n) is 4.10. The van der Waals surface area contributed by atoms with E-state index in [-0.39, 0.29) is 0 Å². The highest BCUT2D eigenvalue weighted by molar-refractivity contribution is 6.60. The molecule has 1 N–H and O–H groups in total. The van der Waals surface area contributed by atoms with E-state index in [0.717, 1.165) is 25.6 Å². The van der Waals surface area contributed by atoms with E-state index in [4.69, 9.17) is 13.3 Å². The molecular formula is C11H28N2O3Si. The predicted molar refractivity (Wildman–Crippen MR) is 72.2 cm³/mol. The number of hydrogen-bond acceptors (Lipinski definition) is 5. The van der Waals surface area contributed by atoms with E-state index in [2.05, 4.69) is 24.2 Å². The summed E-state index contributed by atoms with van der Waals surface area (Å²) in [6.07, 6.45) is 1.03. The van der Waals surface area contributed by atoms with Crippen LogP contribution in [0, 0.1) is 0 Å². The van der Waals surface area contributed by atoms with Gasteiger partial charge in [-0.1, -0.05) is 13.3 Å². The molecule has 104 valence electrons. The summed E-state index contributed by atoms with van der Waals surface area (Å²) in [4.78, 5) is 2.33. The van der Waals surface area contributed by atoms with Crippen molar-refractivity contribution in [1.82, 2.24) is 10.2 Å². The molecule has 0 saturated carbocycles. The molecule has 17 heavy (non-hydrogen) atoms. The Balaban J connectivity index is 0.000000318. The highest BCUT2D eigenvalue weighted by atomic mass is 28.4. The lowest BCUT2D eigenvalue weighted by Gasteiger charge is -2.23. The number of nitrogens with zero attached hydrogens (tertiary/aromatic N) is 1. The predicted octanol–water partition coefficient (Wildman–Crippen LogP) is 0.796. The van der Waals surface area contributed by atoms with E-state index in [0.29, 0.717) is 0 Å². The first kappa shape index (κ1) is 17.0. The van der Waals surface area contributed by atoms with Crippen molar-refractivity contribution >= 4 is 8.80 Å². The van der Waals surface area contributed by atoms with Crippen LogP contribution in [0.4, 0.5) is 0 Å². The summed E-state index contributed by atoms with van der Waals surface area (Å²) in [7, 11) is 4.84. The van der Waals surface area contributed by atoms with Crippen LogP contribution in [0.2, 0.25) is 6.04 Å². The molecule has 1 saturated heterocycles. The number of likely N-dealkylation sites (N-methyl/N-ethyl adjacent to an activating group) is 1. The average molecular weight is 264 g/mol. The van der Waals surface area contributed by atoms with Gasteiger partial charge in [-0.2, -0.15) is 0 Å². The molecule has 0 bridgehead atoms. The Kier molecular flexibility index (Phi) is 10.00. The van der Waals surface area contributed by atoms with Crippen molar-refractivity contribution in [3.63, 3.8) is 0 Å². The van der Waals surface area contributed by atoms with Crippen molar-refractivity contribution in [3.05, 3.63) is 0 Å². The van der Waals surface area contributed by atoms with E-state index in [1.165, 1.54) is 13.1 Å². The summed E-state index contributed by atoms with van der Waals surface area (Å²) < 4.78 is 15.5. The van der Waals surface area contributed by atoms with Gasteiger partial charge in [0.25, 0.3) is 0 Å². The van der Waals surface area contributed by atoms with Crippen LogP contribution < -0.4 is 5.32 Å². The molecule has 0 aromatic rings. The number of piperazine rings is 1. The first-order valence-electron chi connectivity index (χ1n) is 6.18. The van der Waals surface area contributed by atoms with Crippen molar-refractivity contribution in [1.29, 1.82) is 0 Å². The third-order valence-electron chi connectivity index (χ3n) is 2.83. The Morgan fingerprint density at radius 3 is 1.71 bits per heavy atom. The van der Waals surface area contributed by atoms with E-state index in [9.17, 15) is 0 Å². The number of rotatable bonds is 5. The van der Waals surface area contributed by atoms with Gasteiger partial charge in [0.1, 0.15) is 0 Å². The quantitative estimate of drug-likeness (QED) is 0.744. The van der Waals surface area contributed by atoms with Crippen LogP contribution in [-0.4, -0.2) is 68.3 Å². The molecule has 0 atom stereocenters. The van der Waals surface area contributed by atoms with Crippen molar-refractivity contribution in [2.75, 3.05) is 54.6 Å². The lowest BCUT2D eigenvalue weighted by Crippen LogP contribution is -2.42. The fraction of sp³-hybridized carbons (Fsp3) is 1.00. The molecular weight excluding hydrogens is 236 g/mol. The largest absolute Gasteiger partial charge is 0.500 e. The zero-order chi connectivity index (χ0) is 13.1. The Labute approximate surface area is 107 Å². The van der Waals surface area contributed by atoms with E-state index in [1.807, 2.05) is 0 Å². The van der Waals surface area contributed by atoms with Gasteiger partial charge >= 0.3 is 8.80 Å². The summed E-state index contributed by atoms with van der Waals surface area (Å²) in [5.41, 5.74) is 0. The van der Waals surface area contributed by atoms with Gasteiger partial charge in [-0.05, 0) is 7.05 Å². The Bertz CT molecular complexity index is 166. The van der Waals surface area contributed by atoms with Gasteiger partial charge in [0, 0.05) is 53.6 Å². The van der Waals surface area contributed by atoms with Gasteiger partial charge in [-0.15, -0.1) is 0 Å². The molecule has 5 nitrogen and oxygen atoms in total. The standard InChI is InChI=1S/C6H16O3Si.C5H12N2/c1-5-6-10(7-2,8-3)9-4;1-7-4-2-6-3-5-7/h5-6H2,1-4H3;6H,2-5H2,1H3. The first-order valence-corrected chi connectivity index (χ1v) is 8.12. The molecule has 0 aliphatic carbocycles. The maximum Gasteiger partial charge on any atom is 0.500 e. The molecule has 1 aliphatic rings. The minimum Gasteiger partial charge on any atom is -0.377 e. The SMILES string of the molecule is CCC[Si](OC)(OC)OC.CN1CCNCC1. The fourth-order valence-corrected chi connectivity index (χ4v) is 3.36. The lowest BCUT2D eigenvalue weighted by atomic mass is 10.4.